The number of benzene rings is 3. The van der Waals surface area contributed by atoms with E-state index < -0.39 is 29.1 Å². The van der Waals surface area contributed by atoms with Crippen LogP contribution in [-0.4, -0.2) is 52.6 Å². The molecule has 1 amide bonds. The van der Waals surface area contributed by atoms with Gasteiger partial charge in [-0.05, 0) is 30.2 Å². The first-order chi connectivity index (χ1) is 21.5. The van der Waals surface area contributed by atoms with Crippen LogP contribution in [0.1, 0.15) is 22.3 Å². The lowest BCUT2D eigenvalue weighted by Crippen LogP contribution is -2.46. The number of nitrogens with one attached hydrogen (secondary N) is 2. The van der Waals surface area contributed by atoms with Gasteiger partial charge in [-0.3, -0.25) is 14.2 Å². The molecule has 1 aliphatic heterocycles. The highest BCUT2D eigenvalue weighted by Gasteiger charge is 2.25. The maximum Gasteiger partial charge on any atom is 0.330 e. The highest BCUT2D eigenvalue weighted by Crippen LogP contribution is 2.42. The van der Waals surface area contributed by atoms with Crippen LogP contribution in [-0.2, 0) is 25.4 Å². The molecule has 13 heteroatoms. The van der Waals surface area contributed by atoms with Crippen molar-refractivity contribution in [3.63, 3.8) is 0 Å². The Bertz CT molecular complexity index is 1890. The number of methoxy groups -OCH3 is 1. The Morgan fingerprint density at radius 3 is 2.49 bits per heavy atom. The zero-order valence-corrected chi connectivity index (χ0v) is 26.2. The zero-order chi connectivity index (χ0) is 32.4. The van der Waals surface area contributed by atoms with E-state index in [1.165, 1.54) is 33.5 Å². The summed E-state index contributed by atoms with van der Waals surface area (Å²) >= 11 is 13.7. The standard InChI is InChI=1S/C32H31Cl2FN4O6/c1-38-15-22(31(42)39(2)32(38)43)30(41)37-25-9-5-8-20(29(25)34)19-7-4-6-18(28(19)33)17-12-23(35)21(27(13-17)44-3)14-36-24-10-11-45-16-26(24)40/h4-9,12-13,15,24,26,36,40H,10-11,14,16H2,1-3H3,(H,37,41)/t24-,26-/m1/s1. The Labute approximate surface area is 267 Å². The Kier molecular flexibility index (Phi) is 9.76. The predicted octanol–water partition coefficient (Wildman–Crippen LogP) is 4.36. The second-order valence-electron chi connectivity index (χ2n) is 10.6. The Morgan fingerprint density at radius 1 is 1.09 bits per heavy atom. The molecule has 0 unspecified atom stereocenters. The fraction of sp³-hybridized carbons (Fsp3) is 0.281. The van der Waals surface area contributed by atoms with Crippen LogP contribution in [0.15, 0.2) is 64.3 Å². The van der Waals surface area contributed by atoms with Crippen LogP contribution in [0.25, 0.3) is 22.3 Å². The van der Waals surface area contributed by atoms with Gasteiger partial charge < -0.3 is 29.8 Å². The van der Waals surface area contributed by atoms with E-state index in [9.17, 15) is 19.5 Å². The molecule has 0 saturated carbocycles. The molecule has 2 atom stereocenters. The van der Waals surface area contributed by atoms with Crippen molar-refractivity contribution in [3.8, 4) is 28.0 Å². The van der Waals surface area contributed by atoms with E-state index in [0.29, 0.717) is 46.6 Å². The molecule has 2 heterocycles. The molecule has 3 aromatic carbocycles. The maximum atomic E-state index is 15.5. The van der Waals surface area contributed by atoms with Gasteiger partial charge in [-0.2, -0.15) is 0 Å². The van der Waals surface area contributed by atoms with E-state index in [-0.39, 0.29) is 40.5 Å². The van der Waals surface area contributed by atoms with Gasteiger partial charge in [-0.25, -0.2) is 9.18 Å². The maximum absolute atomic E-state index is 15.5. The van der Waals surface area contributed by atoms with Crippen molar-refractivity contribution in [1.29, 1.82) is 0 Å². The number of aliphatic hydroxyl groups is 1. The number of nitrogens with zero attached hydrogens (tertiary/aromatic N) is 2. The third-order valence-corrected chi connectivity index (χ3v) is 8.59. The third kappa shape index (κ3) is 6.54. The minimum absolute atomic E-state index is 0.143. The van der Waals surface area contributed by atoms with Gasteiger partial charge in [0.2, 0.25) is 0 Å². The number of anilines is 1. The molecular formula is C32H31Cl2FN4O6. The minimum atomic E-state index is -0.746. The molecule has 1 saturated heterocycles. The quantitative estimate of drug-likeness (QED) is 0.257. The van der Waals surface area contributed by atoms with Gasteiger partial charge in [0.25, 0.3) is 11.5 Å². The molecule has 0 radical (unpaired) electrons. The summed E-state index contributed by atoms with van der Waals surface area (Å²) in [5.74, 6) is -0.937. The monoisotopic (exact) mass is 656 g/mol. The van der Waals surface area contributed by atoms with Gasteiger partial charge >= 0.3 is 5.69 Å². The number of aliphatic hydroxyl groups excluding tert-OH is 1. The summed E-state index contributed by atoms with van der Waals surface area (Å²) in [6, 6.07) is 13.0. The Morgan fingerprint density at radius 2 is 1.78 bits per heavy atom. The number of amides is 1. The van der Waals surface area contributed by atoms with Gasteiger partial charge in [0.1, 0.15) is 17.1 Å². The fourth-order valence-corrected chi connectivity index (χ4v) is 5.88. The van der Waals surface area contributed by atoms with E-state index in [4.69, 9.17) is 32.7 Å². The summed E-state index contributed by atoms with van der Waals surface area (Å²) < 4.78 is 28.3. The first kappa shape index (κ1) is 32.4. The fourth-order valence-electron chi connectivity index (χ4n) is 5.27. The van der Waals surface area contributed by atoms with Gasteiger partial charge in [0.05, 0.1) is 35.6 Å². The van der Waals surface area contributed by atoms with Crippen LogP contribution < -0.4 is 26.6 Å². The van der Waals surface area contributed by atoms with E-state index >= 15 is 4.39 Å². The number of ether oxygens (including phenoxy) is 2. The number of carbonyl (C=O) groups excluding carboxylic acids is 1. The SMILES string of the molecule is COc1cc(-c2cccc(-c3cccc(NC(=O)c4cn(C)c(=O)n(C)c4=O)c3Cl)c2Cl)cc(F)c1CN[C@@H]1CCOC[C@H]1O. The molecule has 0 aliphatic carbocycles. The number of aryl methyl sites for hydroxylation is 1. The number of hydrogen-bond donors (Lipinski definition) is 3. The van der Waals surface area contributed by atoms with Gasteiger partial charge in [0.15, 0.2) is 0 Å². The minimum Gasteiger partial charge on any atom is -0.496 e. The van der Waals surface area contributed by atoms with Crippen LogP contribution in [0, 0.1) is 5.82 Å². The number of halogens is 3. The average molecular weight is 658 g/mol. The first-order valence-electron chi connectivity index (χ1n) is 14.0. The lowest BCUT2D eigenvalue weighted by Gasteiger charge is -2.29. The average Bonchev–Trinajstić information content (AvgIpc) is 3.02. The van der Waals surface area contributed by atoms with Crippen LogP contribution in [0.4, 0.5) is 10.1 Å². The molecule has 1 fully saturated rings. The van der Waals surface area contributed by atoms with Crippen molar-refractivity contribution in [2.24, 2.45) is 14.1 Å². The zero-order valence-electron chi connectivity index (χ0n) is 24.7. The first-order valence-corrected chi connectivity index (χ1v) is 14.8. The van der Waals surface area contributed by atoms with Crippen LogP contribution in [0.2, 0.25) is 10.0 Å². The number of aromatic nitrogens is 2. The van der Waals surface area contributed by atoms with E-state index in [1.54, 1.807) is 42.5 Å². The second-order valence-corrected chi connectivity index (χ2v) is 11.4. The Balaban J connectivity index is 1.45. The predicted molar refractivity (Wildman–Crippen MR) is 171 cm³/mol. The summed E-state index contributed by atoms with van der Waals surface area (Å²) in [7, 11) is 4.17. The lowest BCUT2D eigenvalue weighted by molar-refractivity contribution is -0.0281. The van der Waals surface area contributed by atoms with Crippen LogP contribution in [0.3, 0.4) is 0 Å². The number of hydrogen-bond acceptors (Lipinski definition) is 7. The molecule has 1 aromatic heterocycles. The third-order valence-electron chi connectivity index (χ3n) is 7.78. The van der Waals surface area contributed by atoms with Crippen molar-refractivity contribution < 1.29 is 23.8 Å². The second kappa shape index (κ2) is 13.6. The summed E-state index contributed by atoms with van der Waals surface area (Å²) in [4.78, 5) is 37.6. The highest BCUT2D eigenvalue weighted by atomic mass is 35.5. The van der Waals surface area contributed by atoms with E-state index in [0.717, 1.165) is 9.13 Å². The highest BCUT2D eigenvalue weighted by molar-refractivity contribution is 6.39. The molecule has 236 valence electrons. The molecule has 5 rings (SSSR count). The normalized spacial score (nSPS) is 16.4. The largest absolute Gasteiger partial charge is 0.496 e. The van der Waals surface area contributed by atoms with Gasteiger partial charge in [-0.1, -0.05) is 53.5 Å². The van der Waals surface area contributed by atoms with Crippen molar-refractivity contribution in [3.05, 3.63) is 103 Å². The lowest BCUT2D eigenvalue weighted by atomic mass is 9.97. The van der Waals surface area contributed by atoms with Crippen molar-refractivity contribution in [2.75, 3.05) is 25.6 Å². The van der Waals surface area contributed by atoms with Crippen LogP contribution in [0.5, 0.6) is 5.75 Å². The molecule has 3 N–H and O–H groups in total. The Hall–Kier alpha value is -4.00. The van der Waals surface area contributed by atoms with Crippen molar-refractivity contribution in [1.82, 2.24) is 14.5 Å². The number of rotatable bonds is 8. The van der Waals surface area contributed by atoms with Crippen LogP contribution >= 0.6 is 23.2 Å². The van der Waals surface area contributed by atoms with Gasteiger partial charge in [-0.15, -0.1) is 0 Å². The molecule has 45 heavy (non-hydrogen) atoms. The molecule has 1 aliphatic rings. The summed E-state index contributed by atoms with van der Waals surface area (Å²) in [5.41, 5.74) is 0.975. The van der Waals surface area contributed by atoms with Crippen molar-refractivity contribution >= 4 is 34.8 Å². The molecule has 4 aromatic rings. The molecular weight excluding hydrogens is 626 g/mol. The smallest absolute Gasteiger partial charge is 0.330 e. The summed E-state index contributed by atoms with van der Waals surface area (Å²) in [6.45, 7) is 0.875. The number of carbonyl (C=O) groups is 1. The molecule has 10 nitrogen and oxygen atoms in total. The van der Waals surface area contributed by atoms with Crippen molar-refractivity contribution in [2.45, 2.75) is 25.1 Å². The molecule has 0 spiro atoms. The summed E-state index contributed by atoms with van der Waals surface area (Å²) in [5, 5.41) is 16.5. The summed E-state index contributed by atoms with van der Waals surface area (Å²) in [6.07, 6.45) is 1.08. The van der Waals surface area contributed by atoms with Gasteiger partial charge in [0, 0.05) is 61.7 Å². The van der Waals surface area contributed by atoms with E-state index in [2.05, 4.69) is 10.6 Å². The van der Waals surface area contributed by atoms with E-state index in [1.807, 2.05) is 0 Å². The molecule has 0 bridgehead atoms. The topological polar surface area (TPSA) is 124 Å².